The third-order valence-electron chi connectivity index (χ3n) is 6.87. The van der Waals surface area contributed by atoms with Crippen LogP contribution < -0.4 is 5.32 Å². The predicted octanol–water partition coefficient (Wildman–Crippen LogP) is 4.76. The topological polar surface area (TPSA) is 37.3 Å². The van der Waals surface area contributed by atoms with Crippen molar-refractivity contribution in [1.82, 2.24) is 14.8 Å². The highest BCUT2D eigenvalue weighted by molar-refractivity contribution is 6.12. The van der Waals surface area contributed by atoms with E-state index < -0.39 is 0 Å². The van der Waals surface area contributed by atoms with E-state index in [9.17, 15) is 9.18 Å². The Morgan fingerprint density at radius 1 is 1.03 bits per heavy atom. The zero-order valence-electron chi connectivity index (χ0n) is 17.3. The molecular weight excluding hydrogens is 401 g/mol. The summed E-state index contributed by atoms with van der Waals surface area (Å²) in [6, 6.07) is 15.9. The van der Waals surface area contributed by atoms with Crippen LogP contribution in [0.15, 0.2) is 48.5 Å². The molecule has 3 aromatic rings. The number of carbonyl (C=O) groups excluding carboxylic acids is 1. The van der Waals surface area contributed by atoms with Crippen LogP contribution in [0.2, 0.25) is 0 Å². The van der Waals surface area contributed by atoms with E-state index in [1.165, 1.54) is 25.0 Å². The summed E-state index contributed by atoms with van der Waals surface area (Å²) in [7, 11) is 4.10. The fourth-order valence-electron chi connectivity index (χ4n) is 5.36. The number of benzene rings is 2. The van der Waals surface area contributed by atoms with Gasteiger partial charge in [0.25, 0.3) is 5.91 Å². The zero-order chi connectivity index (χ0) is 20.1. The van der Waals surface area contributed by atoms with Gasteiger partial charge >= 0.3 is 0 Å². The second-order valence-electron chi connectivity index (χ2n) is 8.50. The molecule has 5 rings (SSSR count). The summed E-state index contributed by atoms with van der Waals surface area (Å²) >= 11 is 0. The molecule has 1 aromatic heterocycles. The lowest BCUT2D eigenvalue weighted by Gasteiger charge is -2.36. The smallest absolute Gasteiger partial charge is 0.254 e. The van der Waals surface area contributed by atoms with Crippen molar-refractivity contribution in [3.8, 4) is 11.3 Å². The van der Waals surface area contributed by atoms with Crippen LogP contribution in [0.4, 0.5) is 4.39 Å². The Morgan fingerprint density at radius 2 is 1.70 bits per heavy atom. The molecule has 3 heterocycles. The quantitative estimate of drug-likeness (QED) is 0.654. The van der Waals surface area contributed by atoms with E-state index in [0.717, 1.165) is 35.0 Å². The van der Waals surface area contributed by atoms with E-state index in [1.807, 2.05) is 41.9 Å². The third-order valence-corrected chi connectivity index (χ3v) is 6.87. The average Bonchev–Trinajstić information content (AvgIpc) is 3.10. The SMILES string of the molecule is CN1[C@@H]2CC[C@H]1CC(NC(=O)c1c(-c3ccccc3)n(C)c3cc(F)ccc13)C2.Cl. The molecule has 4 nitrogen and oxygen atoms in total. The average molecular weight is 428 g/mol. The maximum absolute atomic E-state index is 13.9. The van der Waals surface area contributed by atoms with Crippen LogP contribution in [0.1, 0.15) is 36.0 Å². The lowest BCUT2D eigenvalue weighted by atomic mass is 9.97. The fourth-order valence-corrected chi connectivity index (χ4v) is 5.36. The molecule has 0 spiro atoms. The van der Waals surface area contributed by atoms with Crippen LogP contribution in [0, 0.1) is 5.82 Å². The van der Waals surface area contributed by atoms with Gasteiger partial charge in [-0.1, -0.05) is 30.3 Å². The summed E-state index contributed by atoms with van der Waals surface area (Å²) < 4.78 is 15.9. The van der Waals surface area contributed by atoms with Crippen LogP contribution in [-0.4, -0.2) is 40.5 Å². The van der Waals surface area contributed by atoms with E-state index in [1.54, 1.807) is 6.07 Å². The standard InChI is InChI=1S/C24H26FN3O.ClH/c1-27-18-9-10-19(27)14-17(13-18)26-24(29)22-20-11-8-16(25)12-21(20)28(2)23(22)15-6-4-3-5-7-15;/h3-8,11-12,17-19H,9-10,13-14H2,1-2H3,(H,26,29);1H/t17?,18-,19+;. The number of amides is 1. The molecule has 2 fully saturated rings. The van der Waals surface area contributed by atoms with E-state index in [2.05, 4.69) is 17.3 Å². The Hall–Kier alpha value is -2.37. The summed E-state index contributed by atoms with van der Waals surface area (Å²) in [6.07, 6.45) is 4.43. The van der Waals surface area contributed by atoms with Gasteiger partial charge in [0.05, 0.1) is 16.8 Å². The molecule has 1 unspecified atom stereocenters. The highest BCUT2D eigenvalue weighted by atomic mass is 35.5. The lowest BCUT2D eigenvalue weighted by molar-refractivity contribution is 0.0884. The number of piperidine rings is 1. The highest BCUT2D eigenvalue weighted by Crippen LogP contribution is 2.36. The van der Waals surface area contributed by atoms with Gasteiger partial charge in [0, 0.05) is 30.6 Å². The number of rotatable bonds is 3. The minimum absolute atomic E-state index is 0. The lowest BCUT2D eigenvalue weighted by Crippen LogP contribution is -2.48. The number of nitrogens with one attached hydrogen (secondary N) is 1. The molecule has 2 aromatic carbocycles. The molecule has 2 saturated heterocycles. The van der Waals surface area contributed by atoms with Gasteiger partial charge < -0.3 is 14.8 Å². The normalized spacial score (nSPS) is 23.4. The summed E-state index contributed by atoms with van der Waals surface area (Å²) in [6.45, 7) is 0. The number of aryl methyl sites for hydroxylation is 1. The minimum atomic E-state index is -0.295. The van der Waals surface area contributed by atoms with Crippen molar-refractivity contribution in [2.75, 3.05) is 7.05 Å². The number of fused-ring (bicyclic) bond motifs is 3. The molecule has 0 radical (unpaired) electrons. The van der Waals surface area contributed by atoms with Crippen molar-refractivity contribution in [2.45, 2.75) is 43.8 Å². The van der Waals surface area contributed by atoms with Crippen molar-refractivity contribution in [3.63, 3.8) is 0 Å². The number of halogens is 2. The van der Waals surface area contributed by atoms with Crippen molar-refractivity contribution in [1.29, 1.82) is 0 Å². The molecule has 2 aliphatic heterocycles. The molecule has 2 aliphatic rings. The van der Waals surface area contributed by atoms with Gasteiger partial charge in [-0.3, -0.25) is 4.79 Å². The molecule has 2 bridgehead atoms. The number of nitrogens with zero attached hydrogens (tertiary/aromatic N) is 2. The molecule has 3 atom stereocenters. The monoisotopic (exact) mass is 427 g/mol. The number of carbonyl (C=O) groups is 1. The summed E-state index contributed by atoms with van der Waals surface area (Å²) in [4.78, 5) is 16.0. The maximum Gasteiger partial charge on any atom is 0.254 e. The summed E-state index contributed by atoms with van der Waals surface area (Å²) in [5.41, 5.74) is 3.16. The third kappa shape index (κ3) is 3.40. The number of hydrogen-bond acceptors (Lipinski definition) is 2. The summed E-state index contributed by atoms with van der Waals surface area (Å²) in [5.74, 6) is -0.355. The molecule has 0 saturated carbocycles. The fraction of sp³-hybridized carbons (Fsp3) is 0.375. The first-order valence-corrected chi connectivity index (χ1v) is 10.4. The van der Waals surface area contributed by atoms with E-state index >= 15 is 0 Å². The first-order chi connectivity index (χ1) is 14.0. The highest BCUT2D eigenvalue weighted by Gasteiger charge is 2.39. The second kappa shape index (κ2) is 8.05. The van der Waals surface area contributed by atoms with Gasteiger partial charge in [-0.2, -0.15) is 0 Å². The Bertz CT molecular complexity index is 1070. The van der Waals surface area contributed by atoms with Gasteiger partial charge in [0.1, 0.15) is 5.82 Å². The van der Waals surface area contributed by atoms with E-state index in [-0.39, 0.29) is 30.2 Å². The molecule has 30 heavy (non-hydrogen) atoms. The van der Waals surface area contributed by atoms with Crippen molar-refractivity contribution in [3.05, 3.63) is 59.9 Å². The van der Waals surface area contributed by atoms with Crippen LogP contribution in [0.3, 0.4) is 0 Å². The molecule has 6 heteroatoms. The molecule has 1 N–H and O–H groups in total. The maximum atomic E-state index is 13.9. The molecule has 1 amide bonds. The molecule has 0 aliphatic carbocycles. The van der Waals surface area contributed by atoms with Crippen LogP contribution in [-0.2, 0) is 7.05 Å². The number of aromatic nitrogens is 1. The van der Waals surface area contributed by atoms with E-state index in [0.29, 0.717) is 17.6 Å². The molecule has 158 valence electrons. The van der Waals surface area contributed by atoms with E-state index in [4.69, 9.17) is 0 Å². The second-order valence-corrected chi connectivity index (χ2v) is 8.50. The Morgan fingerprint density at radius 3 is 2.37 bits per heavy atom. The van der Waals surface area contributed by atoms with Gasteiger partial charge in [-0.15, -0.1) is 12.4 Å². The van der Waals surface area contributed by atoms with Crippen molar-refractivity contribution < 1.29 is 9.18 Å². The number of hydrogen-bond donors (Lipinski definition) is 1. The van der Waals surface area contributed by atoms with Crippen molar-refractivity contribution >= 4 is 29.2 Å². The van der Waals surface area contributed by atoms with Gasteiger partial charge in [0.2, 0.25) is 0 Å². The van der Waals surface area contributed by atoms with Crippen LogP contribution in [0.5, 0.6) is 0 Å². The first-order valence-electron chi connectivity index (χ1n) is 10.4. The van der Waals surface area contributed by atoms with Crippen LogP contribution >= 0.6 is 12.4 Å². The first kappa shape index (κ1) is 20.9. The largest absolute Gasteiger partial charge is 0.349 e. The van der Waals surface area contributed by atoms with Gasteiger partial charge in [-0.25, -0.2) is 4.39 Å². The van der Waals surface area contributed by atoms with Crippen molar-refractivity contribution in [2.24, 2.45) is 7.05 Å². The Balaban J connectivity index is 0.00000218. The minimum Gasteiger partial charge on any atom is -0.349 e. The van der Waals surface area contributed by atoms with Crippen LogP contribution in [0.25, 0.3) is 22.2 Å². The molecular formula is C24H27ClFN3O. The zero-order valence-corrected chi connectivity index (χ0v) is 18.1. The summed E-state index contributed by atoms with van der Waals surface area (Å²) in [5, 5.41) is 4.11. The Kier molecular flexibility index (Phi) is 5.60. The van der Waals surface area contributed by atoms with Gasteiger partial charge in [0.15, 0.2) is 0 Å². The van der Waals surface area contributed by atoms with Gasteiger partial charge in [-0.05, 0) is 56.5 Å². The predicted molar refractivity (Wildman–Crippen MR) is 121 cm³/mol. The Labute approximate surface area is 182 Å².